The molecule has 1 atom stereocenters. The van der Waals surface area contributed by atoms with Crippen molar-refractivity contribution in [2.75, 3.05) is 7.11 Å². The molecule has 0 aromatic carbocycles. The second-order valence-corrected chi connectivity index (χ2v) is 1.54. The smallest absolute Gasteiger partial charge is 0.414 e. The Morgan fingerprint density at radius 2 is 2.00 bits per heavy atom. The molecule has 0 fully saturated rings. The van der Waals surface area contributed by atoms with Crippen LogP contribution in [-0.4, -0.2) is 25.3 Å². The van der Waals surface area contributed by atoms with Crippen LogP contribution in [0.2, 0.25) is 0 Å². The van der Waals surface area contributed by atoms with Crippen LogP contribution >= 0.6 is 0 Å². The Balaban J connectivity index is 4.08. The molecule has 6 heteroatoms. The van der Waals surface area contributed by atoms with Gasteiger partial charge in [-0.15, -0.1) is 0 Å². The van der Waals surface area contributed by atoms with E-state index in [1.807, 2.05) is 0 Å². The van der Waals surface area contributed by atoms with E-state index in [1.165, 1.54) is 0 Å². The molecule has 0 rings (SSSR count). The van der Waals surface area contributed by atoms with E-state index in [2.05, 4.69) is 10.5 Å². The molecule has 3 nitrogen and oxygen atoms in total. The molecule has 0 saturated carbocycles. The van der Waals surface area contributed by atoms with Crippen molar-refractivity contribution in [3.63, 3.8) is 0 Å². The van der Waals surface area contributed by atoms with Gasteiger partial charge in [0, 0.05) is 0 Å². The summed E-state index contributed by atoms with van der Waals surface area (Å²) >= 11 is 0. The average Bonchev–Trinajstić information content (AvgIpc) is 1.83. The Hall–Kier alpha value is -0.780. The maximum absolute atomic E-state index is 11.5. The number of nitrogens with two attached hydrogens (primary N) is 1. The topological polar surface area (TPSA) is 52.3 Å². The van der Waals surface area contributed by atoms with Crippen molar-refractivity contribution in [3.8, 4) is 0 Å². The number of hydrogen-bond acceptors (Lipinski definition) is 3. The van der Waals surface area contributed by atoms with Crippen molar-refractivity contribution in [2.45, 2.75) is 12.2 Å². The molecule has 0 aliphatic heterocycles. The highest BCUT2D eigenvalue weighted by Gasteiger charge is 2.42. The lowest BCUT2D eigenvalue weighted by atomic mass is 10.3. The van der Waals surface area contributed by atoms with Crippen LogP contribution in [-0.2, 0) is 9.53 Å². The minimum absolute atomic E-state index is 0.841. The Bertz CT molecular complexity index is 133. The lowest BCUT2D eigenvalue weighted by Gasteiger charge is -2.11. The zero-order valence-electron chi connectivity index (χ0n) is 5.11. The quantitative estimate of drug-likeness (QED) is 0.547. The van der Waals surface area contributed by atoms with Gasteiger partial charge in [0.1, 0.15) is 0 Å². The number of carbonyl (C=O) groups excluding carboxylic acids is 1. The Labute approximate surface area is 54.9 Å². The summed E-state index contributed by atoms with van der Waals surface area (Å²) in [4.78, 5) is 10.1. The standard InChI is InChI=1S/C4H6F3NO2/c1-10-3(9)2(8)4(5,6)7/h2H,8H2,1H3/t2-/m1/s1. The fourth-order valence-corrected chi connectivity index (χ4v) is 0.261. The third-order valence-electron chi connectivity index (χ3n) is 0.808. The maximum atomic E-state index is 11.5. The van der Waals surface area contributed by atoms with Crippen molar-refractivity contribution in [2.24, 2.45) is 5.73 Å². The number of alkyl halides is 3. The van der Waals surface area contributed by atoms with Gasteiger partial charge in [-0.3, -0.25) is 4.79 Å². The zero-order valence-corrected chi connectivity index (χ0v) is 5.11. The number of carbonyl (C=O) groups is 1. The molecule has 0 saturated heterocycles. The van der Waals surface area contributed by atoms with E-state index in [9.17, 15) is 18.0 Å². The molecule has 0 bridgehead atoms. The van der Waals surface area contributed by atoms with Gasteiger partial charge >= 0.3 is 12.1 Å². The van der Waals surface area contributed by atoms with E-state index < -0.39 is 18.2 Å². The Morgan fingerprint density at radius 3 is 2.10 bits per heavy atom. The van der Waals surface area contributed by atoms with Gasteiger partial charge in [0.2, 0.25) is 0 Å². The molecular formula is C4H6F3NO2. The van der Waals surface area contributed by atoms with Crippen LogP contribution in [0.25, 0.3) is 0 Å². The van der Waals surface area contributed by atoms with Crippen molar-refractivity contribution in [1.82, 2.24) is 0 Å². The fraction of sp³-hybridized carbons (Fsp3) is 0.750. The van der Waals surface area contributed by atoms with Gasteiger partial charge in [0.25, 0.3) is 0 Å². The van der Waals surface area contributed by atoms with Crippen molar-refractivity contribution in [1.29, 1.82) is 0 Å². The molecule has 0 amide bonds. The highest BCUT2D eigenvalue weighted by Crippen LogP contribution is 2.18. The minimum atomic E-state index is -4.72. The maximum Gasteiger partial charge on any atom is 0.414 e. The summed E-state index contributed by atoms with van der Waals surface area (Å²) in [5, 5.41) is 0. The first-order chi connectivity index (χ1) is 4.39. The van der Waals surface area contributed by atoms with Crippen LogP contribution in [0.4, 0.5) is 13.2 Å². The van der Waals surface area contributed by atoms with E-state index in [1.54, 1.807) is 0 Å². The molecule has 0 heterocycles. The monoisotopic (exact) mass is 157 g/mol. The molecule has 0 aliphatic carbocycles. The van der Waals surface area contributed by atoms with Crippen LogP contribution in [0, 0.1) is 0 Å². The fourth-order valence-electron chi connectivity index (χ4n) is 0.261. The first-order valence-corrected chi connectivity index (χ1v) is 2.29. The van der Waals surface area contributed by atoms with Crippen LogP contribution in [0.1, 0.15) is 0 Å². The Kier molecular flexibility index (Phi) is 2.65. The summed E-state index contributed by atoms with van der Waals surface area (Å²) in [6, 6.07) is -2.53. The van der Waals surface area contributed by atoms with Gasteiger partial charge in [-0.1, -0.05) is 0 Å². The zero-order chi connectivity index (χ0) is 8.36. The predicted molar refractivity (Wildman–Crippen MR) is 26.0 cm³/mol. The average molecular weight is 157 g/mol. The molecule has 0 aromatic rings. The van der Waals surface area contributed by atoms with Crippen LogP contribution in [0.5, 0.6) is 0 Å². The van der Waals surface area contributed by atoms with Crippen molar-refractivity contribution < 1.29 is 22.7 Å². The summed E-state index contributed by atoms with van der Waals surface area (Å²) in [6.45, 7) is 0. The summed E-state index contributed by atoms with van der Waals surface area (Å²) in [5.74, 6) is -1.48. The summed E-state index contributed by atoms with van der Waals surface area (Å²) < 4.78 is 38.1. The largest absolute Gasteiger partial charge is 0.468 e. The van der Waals surface area contributed by atoms with Crippen LogP contribution in [0.15, 0.2) is 0 Å². The molecule has 0 aliphatic rings. The van der Waals surface area contributed by atoms with E-state index in [4.69, 9.17) is 0 Å². The SMILES string of the molecule is COC(=O)[C@@H](N)C(F)(F)F. The summed E-state index contributed by atoms with van der Waals surface area (Å²) in [6.07, 6.45) is -4.72. The van der Waals surface area contributed by atoms with Gasteiger partial charge in [0.15, 0.2) is 6.04 Å². The molecule has 60 valence electrons. The number of esters is 1. The normalized spacial score (nSPS) is 14.5. The number of methoxy groups -OCH3 is 1. The summed E-state index contributed by atoms with van der Waals surface area (Å²) in [5.41, 5.74) is 4.41. The minimum Gasteiger partial charge on any atom is -0.468 e. The first-order valence-electron chi connectivity index (χ1n) is 2.29. The van der Waals surface area contributed by atoms with Crippen LogP contribution < -0.4 is 5.73 Å². The van der Waals surface area contributed by atoms with E-state index in [0.717, 1.165) is 7.11 Å². The van der Waals surface area contributed by atoms with Gasteiger partial charge < -0.3 is 10.5 Å². The molecule has 0 unspecified atom stereocenters. The number of hydrogen-bond donors (Lipinski definition) is 1. The molecule has 10 heavy (non-hydrogen) atoms. The van der Waals surface area contributed by atoms with E-state index >= 15 is 0 Å². The molecule has 0 aromatic heterocycles. The second-order valence-electron chi connectivity index (χ2n) is 1.54. The number of ether oxygens (including phenoxy) is 1. The molecular weight excluding hydrogens is 151 g/mol. The third-order valence-corrected chi connectivity index (χ3v) is 0.808. The number of halogens is 3. The lowest BCUT2D eigenvalue weighted by molar-refractivity contribution is -0.177. The van der Waals surface area contributed by atoms with Gasteiger partial charge in [-0.05, 0) is 0 Å². The molecule has 0 spiro atoms. The summed E-state index contributed by atoms with van der Waals surface area (Å²) in [7, 11) is 0.841. The van der Waals surface area contributed by atoms with E-state index in [0.29, 0.717) is 0 Å². The Morgan fingerprint density at radius 1 is 1.60 bits per heavy atom. The highest BCUT2D eigenvalue weighted by molar-refractivity contribution is 5.76. The molecule has 2 N–H and O–H groups in total. The first kappa shape index (κ1) is 9.22. The van der Waals surface area contributed by atoms with Crippen molar-refractivity contribution >= 4 is 5.97 Å². The van der Waals surface area contributed by atoms with Crippen molar-refractivity contribution in [3.05, 3.63) is 0 Å². The third kappa shape index (κ3) is 2.22. The predicted octanol–water partition coefficient (Wildman–Crippen LogP) is 0.0490. The highest BCUT2D eigenvalue weighted by atomic mass is 19.4. The van der Waals surface area contributed by atoms with E-state index in [-0.39, 0.29) is 0 Å². The van der Waals surface area contributed by atoms with Crippen LogP contribution in [0.3, 0.4) is 0 Å². The van der Waals surface area contributed by atoms with Gasteiger partial charge in [-0.2, -0.15) is 13.2 Å². The second kappa shape index (κ2) is 2.87. The van der Waals surface area contributed by atoms with Gasteiger partial charge in [-0.25, -0.2) is 0 Å². The lowest BCUT2D eigenvalue weighted by Crippen LogP contribution is -2.44. The number of rotatable bonds is 1. The van der Waals surface area contributed by atoms with Gasteiger partial charge in [0.05, 0.1) is 7.11 Å². The molecule has 0 radical (unpaired) electrons.